The zero-order valence-corrected chi connectivity index (χ0v) is 17.6. The third kappa shape index (κ3) is 7.38. The summed E-state index contributed by atoms with van der Waals surface area (Å²) in [5.74, 6) is -0.222. The van der Waals surface area contributed by atoms with Crippen molar-refractivity contribution in [3.63, 3.8) is 0 Å². The van der Waals surface area contributed by atoms with Crippen molar-refractivity contribution < 1.29 is 18.7 Å². The summed E-state index contributed by atoms with van der Waals surface area (Å²) in [7, 11) is 0. The first-order chi connectivity index (χ1) is 13.8. The minimum absolute atomic E-state index is 0.161. The number of hydrogen-bond acceptors (Lipinski definition) is 3. The average molecular weight is 421 g/mol. The molecule has 0 heterocycles. The van der Waals surface area contributed by atoms with Crippen molar-refractivity contribution >= 4 is 23.4 Å². The molecule has 0 aliphatic heterocycles. The van der Waals surface area contributed by atoms with Crippen LogP contribution in [0.2, 0.25) is 5.02 Å². The van der Waals surface area contributed by atoms with E-state index in [1.807, 2.05) is 13.8 Å². The quantitative estimate of drug-likeness (QED) is 0.665. The molecule has 0 aliphatic rings. The van der Waals surface area contributed by atoms with E-state index in [9.17, 15) is 14.0 Å². The molecule has 0 unspecified atom stereocenters. The summed E-state index contributed by atoms with van der Waals surface area (Å²) in [6.07, 6.45) is 0. The van der Waals surface area contributed by atoms with E-state index in [0.717, 1.165) is 0 Å². The molecular weight excluding hydrogens is 395 g/mol. The Morgan fingerprint density at radius 2 is 1.83 bits per heavy atom. The van der Waals surface area contributed by atoms with E-state index in [-0.39, 0.29) is 30.8 Å². The average Bonchev–Trinajstić information content (AvgIpc) is 2.69. The van der Waals surface area contributed by atoms with E-state index in [4.69, 9.17) is 16.3 Å². The summed E-state index contributed by atoms with van der Waals surface area (Å²) >= 11 is 5.94. The van der Waals surface area contributed by atoms with Crippen LogP contribution in [0.4, 0.5) is 4.39 Å². The summed E-state index contributed by atoms with van der Waals surface area (Å²) in [5.41, 5.74) is 0.714. The molecule has 0 aliphatic carbocycles. The van der Waals surface area contributed by atoms with Gasteiger partial charge < -0.3 is 15.0 Å². The van der Waals surface area contributed by atoms with Crippen molar-refractivity contribution in [2.75, 3.05) is 13.2 Å². The van der Waals surface area contributed by atoms with Crippen molar-refractivity contribution in [2.45, 2.75) is 33.4 Å². The van der Waals surface area contributed by atoms with Crippen LogP contribution >= 0.6 is 11.6 Å². The molecule has 156 valence electrons. The van der Waals surface area contributed by atoms with Crippen molar-refractivity contribution in [2.24, 2.45) is 5.92 Å². The molecule has 0 bridgehead atoms. The molecular formula is C22H26ClFN2O3. The lowest BCUT2D eigenvalue weighted by molar-refractivity contribution is -0.142. The van der Waals surface area contributed by atoms with Gasteiger partial charge in [-0.05, 0) is 48.7 Å². The van der Waals surface area contributed by atoms with Crippen LogP contribution in [0, 0.1) is 11.7 Å². The highest BCUT2D eigenvalue weighted by Gasteiger charge is 2.26. The van der Waals surface area contributed by atoms with E-state index < -0.39 is 6.04 Å². The van der Waals surface area contributed by atoms with Crippen molar-refractivity contribution in [3.05, 3.63) is 64.9 Å². The number of benzene rings is 2. The summed E-state index contributed by atoms with van der Waals surface area (Å²) in [6.45, 7) is 6.07. The second-order valence-electron chi connectivity index (χ2n) is 7.21. The van der Waals surface area contributed by atoms with Crippen molar-refractivity contribution in [1.82, 2.24) is 10.2 Å². The number of ether oxygens (including phenoxy) is 1. The zero-order chi connectivity index (χ0) is 21.4. The van der Waals surface area contributed by atoms with Gasteiger partial charge in [0.25, 0.3) is 5.91 Å². The molecule has 1 atom stereocenters. The summed E-state index contributed by atoms with van der Waals surface area (Å²) < 4.78 is 18.8. The van der Waals surface area contributed by atoms with Gasteiger partial charge in [0.05, 0.1) is 0 Å². The smallest absolute Gasteiger partial charge is 0.261 e. The van der Waals surface area contributed by atoms with E-state index in [2.05, 4.69) is 5.32 Å². The van der Waals surface area contributed by atoms with Crippen LogP contribution in [-0.4, -0.2) is 35.9 Å². The lowest BCUT2D eigenvalue weighted by Crippen LogP contribution is -2.49. The van der Waals surface area contributed by atoms with Gasteiger partial charge in [0, 0.05) is 18.1 Å². The number of amides is 2. The predicted octanol–water partition coefficient (Wildman–Crippen LogP) is 4.05. The zero-order valence-electron chi connectivity index (χ0n) is 16.8. The third-order valence-electron chi connectivity index (χ3n) is 4.28. The number of carbonyl (C=O) groups excluding carboxylic acids is 2. The second-order valence-corrected chi connectivity index (χ2v) is 7.65. The van der Waals surface area contributed by atoms with Crippen LogP contribution in [-0.2, 0) is 16.1 Å². The minimum atomic E-state index is -0.714. The maximum absolute atomic E-state index is 13.2. The van der Waals surface area contributed by atoms with Crippen LogP contribution in [0.5, 0.6) is 5.75 Å². The first-order valence-corrected chi connectivity index (χ1v) is 9.84. The third-order valence-corrected chi connectivity index (χ3v) is 4.51. The summed E-state index contributed by atoms with van der Waals surface area (Å²) in [5, 5.41) is 3.34. The highest BCUT2D eigenvalue weighted by Crippen LogP contribution is 2.18. The van der Waals surface area contributed by atoms with Gasteiger partial charge in [-0.15, -0.1) is 0 Å². The predicted molar refractivity (Wildman–Crippen MR) is 111 cm³/mol. The minimum Gasteiger partial charge on any atom is -0.484 e. The van der Waals surface area contributed by atoms with Gasteiger partial charge in [-0.1, -0.05) is 43.6 Å². The molecule has 0 fully saturated rings. The molecule has 2 amide bonds. The van der Waals surface area contributed by atoms with E-state index in [1.54, 1.807) is 43.3 Å². The molecule has 5 nitrogen and oxygen atoms in total. The maximum atomic E-state index is 13.2. The van der Waals surface area contributed by atoms with Gasteiger partial charge >= 0.3 is 0 Å². The fourth-order valence-corrected chi connectivity index (χ4v) is 2.79. The number of nitrogens with one attached hydrogen (secondary N) is 1. The Morgan fingerprint density at radius 3 is 2.45 bits per heavy atom. The lowest BCUT2D eigenvalue weighted by Gasteiger charge is -2.29. The van der Waals surface area contributed by atoms with Crippen LogP contribution in [0.3, 0.4) is 0 Å². The first kappa shape index (κ1) is 22.7. The van der Waals surface area contributed by atoms with Gasteiger partial charge in [0.2, 0.25) is 5.91 Å². The van der Waals surface area contributed by atoms with Gasteiger partial charge in [0.15, 0.2) is 6.61 Å². The number of hydrogen-bond donors (Lipinski definition) is 1. The van der Waals surface area contributed by atoms with E-state index in [0.29, 0.717) is 28.8 Å². The molecule has 0 saturated heterocycles. The Bertz CT molecular complexity index is 827. The van der Waals surface area contributed by atoms with E-state index >= 15 is 0 Å². The molecule has 2 aromatic rings. The Hall–Kier alpha value is -2.60. The van der Waals surface area contributed by atoms with Crippen LogP contribution in [0.15, 0.2) is 48.5 Å². The Balaban J connectivity index is 2.12. The molecule has 0 radical (unpaired) electrons. The normalized spacial score (nSPS) is 11.8. The number of nitrogens with zero attached hydrogens (tertiary/aromatic N) is 1. The van der Waals surface area contributed by atoms with Crippen LogP contribution in [0.25, 0.3) is 0 Å². The molecule has 7 heteroatoms. The van der Waals surface area contributed by atoms with Crippen LogP contribution < -0.4 is 10.1 Å². The van der Waals surface area contributed by atoms with Gasteiger partial charge in [-0.3, -0.25) is 9.59 Å². The summed E-state index contributed by atoms with van der Waals surface area (Å²) in [6, 6.07) is 11.8. The lowest BCUT2D eigenvalue weighted by atomic mass is 10.1. The molecule has 1 N–H and O–H groups in total. The highest BCUT2D eigenvalue weighted by molar-refractivity contribution is 6.30. The monoisotopic (exact) mass is 420 g/mol. The first-order valence-electron chi connectivity index (χ1n) is 9.46. The Morgan fingerprint density at radius 1 is 1.14 bits per heavy atom. The molecule has 29 heavy (non-hydrogen) atoms. The molecule has 2 aromatic carbocycles. The van der Waals surface area contributed by atoms with Gasteiger partial charge in [-0.2, -0.15) is 0 Å². The topological polar surface area (TPSA) is 58.6 Å². The Kier molecular flexibility index (Phi) is 8.46. The molecule has 0 spiro atoms. The highest BCUT2D eigenvalue weighted by atomic mass is 35.5. The maximum Gasteiger partial charge on any atom is 0.261 e. The summed E-state index contributed by atoms with van der Waals surface area (Å²) in [4.78, 5) is 26.8. The largest absolute Gasteiger partial charge is 0.484 e. The molecule has 0 aromatic heterocycles. The van der Waals surface area contributed by atoms with E-state index in [1.165, 1.54) is 17.0 Å². The standard InChI is InChI=1S/C22H26ClFN2O3/c1-15(2)12-25-22(28)16(3)26(13-17-7-9-19(24)10-8-17)21(27)14-29-20-6-4-5-18(23)11-20/h4-11,15-16H,12-14H2,1-3H3,(H,25,28)/t16-/m0/s1. The number of carbonyl (C=O) groups is 2. The van der Waals surface area contributed by atoms with Crippen molar-refractivity contribution in [3.8, 4) is 5.75 Å². The number of rotatable bonds is 9. The second kappa shape index (κ2) is 10.8. The SMILES string of the molecule is CC(C)CNC(=O)[C@H](C)N(Cc1ccc(F)cc1)C(=O)COc1cccc(Cl)c1. The van der Waals surface area contributed by atoms with Gasteiger partial charge in [-0.25, -0.2) is 4.39 Å². The van der Waals surface area contributed by atoms with Crippen molar-refractivity contribution in [1.29, 1.82) is 0 Å². The fourth-order valence-electron chi connectivity index (χ4n) is 2.61. The fraction of sp³-hybridized carbons (Fsp3) is 0.364. The molecule has 0 saturated carbocycles. The molecule has 2 rings (SSSR count). The van der Waals surface area contributed by atoms with Gasteiger partial charge in [0.1, 0.15) is 17.6 Å². The Labute approximate surface area is 175 Å². The van der Waals surface area contributed by atoms with Crippen LogP contribution in [0.1, 0.15) is 26.3 Å². The number of halogens is 2.